The molecule has 1 aromatic heterocycles. The number of carbonyl (C=O) groups excluding carboxylic acids is 1. The molecule has 1 atom stereocenters. The van der Waals surface area contributed by atoms with Crippen LogP contribution in [0.3, 0.4) is 0 Å². The van der Waals surface area contributed by atoms with Crippen LogP contribution in [0.15, 0.2) is 65.7 Å². The number of benzene rings is 2. The second-order valence-electron chi connectivity index (χ2n) is 7.95. The molecule has 0 bridgehead atoms. The normalized spacial score (nSPS) is 16.9. The Labute approximate surface area is 197 Å². The number of aliphatic imine (C=N–C) groups is 1. The molecule has 1 aliphatic heterocycles. The zero-order chi connectivity index (χ0) is 24.2. The molecule has 8 nitrogen and oxygen atoms in total. The van der Waals surface area contributed by atoms with Gasteiger partial charge in [0.05, 0.1) is 36.9 Å². The average Bonchev–Trinajstić information content (AvgIpc) is 3.37. The number of aromatic hydroxyl groups is 1. The summed E-state index contributed by atoms with van der Waals surface area (Å²) in [6.07, 6.45) is 5.10. The molecule has 2 aromatic carbocycles. The maximum absolute atomic E-state index is 13.4. The Bertz CT molecular complexity index is 1250. The van der Waals surface area contributed by atoms with Crippen molar-refractivity contribution in [3.8, 4) is 11.4 Å². The van der Waals surface area contributed by atoms with Crippen LogP contribution in [0.4, 0.5) is 4.39 Å². The summed E-state index contributed by atoms with van der Waals surface area (Å²) in [6.45, 7) is 4.50. The number of amides is 1. The van der Waals surface area contributed by atoms with E-state index in [1.54, 1.807) is 54.4 Å². The highest BCUT2D eigenvalue weighted by Gasteiger charge is 2.36. The average molecular weight is 464 g/mol. The van der Waals surface area contributed by atoms with Gasteiger partial charge in [-0.25, -0.2) is 9.37 Å². The molecule has 0 saturated carbocycles. The maximum atomic E-state index is 13.4. The summed E-state index contributed by atoms with van der Waals surface area (Å²) in [5.41, 5.74) is 3.15. The Balaban J connectivity index is 1.64. The molecule has 1 aliphatic rings. The Hall–Kier alpha value is -3.98. The van der Waals surface area contributed by atoms with Gasteiger partial charge in [0, 0.05) is 13.3 Å². The van der Waals surface area contributed by atoms with E-state index >= 15 is 0 Å². The van der Waals surface area contributed by atoms with Crippen LogP contribution in [-0.4, -0.2) is 51.7 Å². The van der Waals surface area contributed by atoms with Crippen LogP contribution in [0, 0.1) is 12.7 Å². The highest BCUT2D eigenvalue weighted by Crippen LogP contribution is 2.28. The van der Waals surface area contributed by atoms with E-state index in [0.717, 1.165) is 11.3 Å². The van der Waals surface area contributed by atoms with E-state index in [0.29, 0.717) is 36.1 Å². The Morgan fingerprint density at radius 3 is 2.68 bits per heavy atom. The van der Waals surface area contributed by atoms with Crippen LogP contribution in [-0.2, 0) is 9.53 Å². The van der Waals surface area contributed by atoms with Crippen molar-refractivity contribution >= 4 is 17.9 Å². The number of aryl methyl sites for hydroxylation is 1. The topological polar surface area (TPSA) is 92.0 Å². The zero-order valence-electron chi connectivity index (χ0n) is 19.2. The van der Waals surface area contributed by atoms with E-state index < -0.39 is 0 Å². The van der Waals surface area contributed by atoms with Gasteiger partial charge in [-0.2, -0.15) is 0 Å². The monoisotopic (exact) mass is 463 g/mol. The number of aromatic nitrogens is 2. The molecule has 1 amide bonds. The predicted octanol–water partition coefficient (Wildman–Crippen LogP) is 3.56. The molecule has 4 rings (SSSR count). The molecule has 0 radical (unpaired) electrons. The fraction of sp³-hybridized carbons (Fsp3) is 0.240. The van der Waals surface area contributed by atoms with Crippen molar-refractivity contribution in [1.29, 1.82) is 0 Å². The molecular weight excluding hydrogens is 437 g/mol. The summed E-state index contributed by atoms with van der Waals surface area (Å²) in [7, 11) is 1.58. The number of methoxy groups -OCH3 is 1. The molecule has 176 valence electrons. The number of hydrogen-bond acceptors (Lipinski definition) is 5. The molecule has 9 heteroatoms. The van der Waals surface area contributed by atoms with Crippen molar-refractivity contribution in [3.63, 3.8) is 0 Å². The number of phenolic OH excluding ortho intramolecular Hbond substituents is 1. The van der Waals surface area contributed by atoms with Crippen molar-refractivity contribution in [2.24, 2.45) is 4.99 Å². The summed E-state index contributed by atoms with van der Waals surface area (Å²) >= 11 is 0. The molecule has 0 aliphatic carbocycles. The minimum Gasteiger partial charge on any atom is -0.506 e. The highest BCUT2D eigenvalue weighted by molar-refractivity contribution is 6.15. The lowest BCUT2D eigenvalue weighted by molar-refractivity contribution is -0.123. The van der Waals surface area contributed by atoms with Crippen molar-refractivity contribution in [1.82, 2.24) is 19.8 Å². The SMILES string of the molecule is COCC/N=C1\N/C(=C\c2ccc(-n3cnc(C)c3)c(O)c2)C(=O)N1[C@@H](C)c1ccc(F)cc1. The molecule has 3 aromatic rings. The first-order valence-electron chi connectivity index (χ1n) is 10.8. The van der Waals surface area contributed by atoms with Crippen LogP contribution >= 0.6 is 0 Å². The van der Waals surface area contributed by atoms with Crippen molar-refractivity contribution in [2.75, 3.05) is 20.3 Å². The number of ether oxygens (including phenoxy) is 1. The fourth-order valence-corrected chi connectivity index (χ4v) is 3.73. The van der Waals surface area contributed by atoms with Gasteiger partial charge in [-0.1, -0.05) is 18.2 Å². The number of halogens is 1. The predicted molar refractivity (Wildman–Crippen MR) is 127 cm³/mol. The van der Waals surface area contributed by atoms with Gasteiger partial charge >= 0.3 is 0 Å². The molecular formula is C25H26FN5O3. The van der Waals surface area contributed by atoms with E-state index in [1.165, 1.54) is 17.0 Å². The fourth-order valence-electron chi connectivity index (χ4n) is 3.73. The highest BCUT2D eigenvalue weighted by atomic mass is 19.1. The number of phenols is 1. The minimum absolute atomic E-state index is 0.0581. The first kappa shape index (κ1) is 23.2. The minimum atomic E-state index is -0.381. The summed E-state index contributed by atoms with van der Waals surface area (Å²) in [5, 5.41) is 13.6. The molecule has 1 saturated heterocycles. The van der Waals surface area contributed by atoms with Crippen molar-refractivity contribution < 1.29 is 19.0 Å². The standard InChI is InChI=1S/C25H26FN5O3/c1-16-14-30(15-28-16)22-9-4-18(13-23(22)32)12-21-24(33)31(25(29-21)27-10-11-34-3)17(2)19-5-7-20(26)8-6-19/h4-9,12-15,17,32H,10-11H2,1-3H3,(H,27,29)/b21-12-/t17-/m0/s1. The van der Waals surface area contributed by atoms with Gasteiger partial charge in [-0.3, -0.25) is 14.7 Å². The van der Waals surface area contributed by atoms with E-state index in [2.05, 4.69) is 15.3 Å². The van der Waals surface area contributed by atoms with Crippen molar-refractivity contribution in [3.05, 3.63) is 83.3 Å². The molecule has 1 fully saturated rings. The van der Waals surface area contributed by atoms with Gasteiger partial charge < -0.3 is 19.7 Å². The number of carbonyl (C=O) groups is 1. The number of nitrogens with zero attached hydrogens (tertiary/aromatic N) is 4. The lowest BCUT2D eigenvalue weighted by Crippen LogP contribution is -2.35. The van der Waals surface area contributed by atoms with Gasteiger partial charge in [-0.15, -0.1) is 0 Å². The van der Waals surface area contributed by atoms with E-state index in [4.69, 9.17) is 4.74 Å². The Morgan fingerprint density at radius 2 is 2.03 bits per heavy atom. The largest absolute Gasteiger partial charge is 0.506 e. The van der Waals surface area contributed by atoms with Gasteiger partial charge in [0.1, 0.15) is 17.3 Å². The maximum Gasteiger partial charge on any atom is 0.277 e. The lowest BCUT2D eigenvalue weighted by atomic mass is 10.1. The van der Waals surface area contributed by atoms with Gasteiger partial charge in [0.15, 0.2) is 0 Å². The quantitative estimate of drug-likeness (QED) is 0.413. The smallest absolute Gasteiger partial charge is 0.277 e. The first-order valence-corrected chi connectivity index (χ1v) is 10.8. The molecule has 0 spiro atoms. The first-order chi connectivity index (χ1) is 16.4. The third-order valence-corrected chi connectivity index (χ3v) is 5.52. The van der Waals surface area contributed by atoms with Crippen LogP contribution < -0.4 is 5.32 Å². The number of hydrogen-bond donors (Lipinski definition) is 2. The van der Waals surface area contributed by atoms with Gasteiger partial charge in [0.25, 0.3) is 5.91 Å². The number of nitrogens with one attached hydrogen (secondary N) is 1. The third kappa shape index (κ3) is 4.84. The van der Waals surface area contributed by atoms with Crippen LogP contribution in [0.2, 0.25) is 0 Å². The molecule has 2 N–H and O–H groups in total. The van der Waals surface area contributed by atoms with Gasteiger partial charge in [-0.05, 0) is 55.3 Å². The second kappa shape index (κ2) is 9.88. The van der Waals surface area contributed by atoms with Crippen LogP contribution in [0.1, 0.15) is 29.8 Å². The number of guanidine groups is 1. The van der Waals surface area contributed by atoms with Gasteiger partial charge in [0.2, 0.25) is 5.96 Å². The zero-order valence-corrected chi connectivity index (χ0v) is 19.2. The van der Waals surface area contributed by atoms with Crippen molar-refractivity contribution in [2.45, 2.75) is 19.9 Å². The summed E-state index contributed by atoms with van der Waals surface area (Å²) in [6, 6.07) is 10.8. The Morgan fingerprint density at radius 1 is 1.26 bits per heavy atom. The van der Waals surface area contributed by atoms with E-state index in [9.17, 15) is 14.3 Å². The molecule has 0 unspecified atom stereocenters. The summed E-state index contributed by atoms with van der Waals surface area (Å²) < 4.78 is 20.2. The Kier molecular flexibility index (Phi) is 6.74. The molecule has 2 heterocycles. The summed E-state index contributed by atoms with van der Waals surface area (Å²) in [5.74, 6) is -0.171. The third-order valence-electron chi connectivity index (χ3n) is 5.52. The van der Waals surface area contributed by atoms with E-state index in [-0.39, 0.29) is 23.5 Å². The molecule has 34 heavy (non-hydrogen) atoms. The summed E-state index contributed by atoms with van der Waals surface area (Å²) in [4.78, 5) is 23.5. The lowest BCUT2D eigenvalue weighted by Gasteiger charge is -2.23. The number of rotatable bonds is 7. The number of imidazole rings is 1. The van der Waals surface area contributed by atoms with Crippen LogP contribution in [0.25, 0.3) is 11.8 Å². The second-order valence-corrected chi connectivity index (χ2v) is 7.95. The van der Waals surface area contributed by atoms with Crippen LogP contribution in [0.5, 0.6) is 5.75 Å². The van der Waals surface area contributed by atoms with E-state index in [1.807, 2.05) is 20.0 Å².